The number of amides is 2. The molecule has 0 spiro atoms. The van der Waals surface area contributed by atoms with Crippen molar-refractivity contribution < 1.29 is 14.5 Å². The lowest BCUT2D eigenvalue weighted by atomic mass is 10.00. The van der Waals surface area contributed by atoms with Crippen LogP contribution in [0.15, 0.2) is 48.5 Å². The molecule has 2 aromatic rings. The number of hydrazine groups is 1. The van der Waals surface area contributed by atoms with Crippen LogP contribution >= 0.6 is 0 Å². The van der Waals surface area contributed by atoms with E-state index in [9.17, 15) is 9.59 Å². The number of fused-ring (bicyclic) bond motifs is 1. The molecule has 2 amide bonds. The van der Waals surface area contributed by atoms with E-state index in [-0.39, 0.29) is 11.8 Å². The van der Waals surface area contributed by atoms with E-state index in [0.717, 1.165) is 38.3 Å². The third-order valence-electron chi connectivity index (χ3n) is 5.29. The molecular formula is C22H29N4O2+. The lowest BCUT2D eigenvalue weighted by Gasteiger charge is -2.25. The van der Waals surface area contributed by atoms with Crippen LogP contribution in [0, 0.1) is 0 Å². The van der Waals surface area contributed by atoms with Crippen LogP contribution in [0.1, 0.15) is 35.3 Å². The smallest absolute Gasteiger partial charge is 0.293 e. The molecule has 1 unspecified atom stereocenters. The fourth-order valence-corrected chi connectivity index (χ4v) is 3.68. The van der Waals surface area contributed by atoms with Crippen molar-refractivity contribution in [1.29, 1.82) is 0 Å². The number of benzene rings is 2. The molecule has 148 valence electrons. The van der Waals surface area contributed by atoms with Crippen molar-refractivity contribution in [2.75, 3.05) is 31.1 Å². The van der Waals surface area contributed by atoms with Gasteiger partial charge in [0, 0.05) is 36.3 Å². The molecule has 0 aliphatic carbocycles. The summed E-state index contributed by atoms with van der Waals surface area (Å²) in [5, 5.41) is 0. The molecule has 1 heterocycles. The van der Waals surface area contributed by atoms with Gasteiger partial charge in [0.05, 0.1) is 6.54 Å². The Morgan fingerprint density at radius 3 is 2.32 bits per heavy atom. The van der Waals surface area contributed by atoms with Crippen LogP contribution in [0.25, 0.3) is 0 Å². The summed E-state index contributed by atoms with van der Waals surface area (Å²) in [6, 6.07) is 15.8. The van der Waals surface area contributed by atoms with Crippen LogP contribution in [0.4, 0.5) is 5.69 Å². The Morgan fingerprint density at radius 1 is 0.964 bits per heavy atom. The average Bonchev–Trinajstić information content (AvgIpc) is 2.73. The zero-order chi connectivity index (χ0) is 19.9. The average molecular weight is 382 g/mol. The number of carbonyl (C=O) groups excluding carboxylic acids is 2. The summed E-state index contributed by atoms with van der Waals surface area (Å²) in [5.74, 6) is -0.485. The van der Waals surface area contributed by atoms with Crippen molar-refractivity contribution in [2.24, 2.45) is 0 Å². The van der Waals surface area contributed by atoms with E-state index in [1.165, 1.54) is 16.0 Å². The van der Waals surface area contributed by atoms with Gasteiger partial charge in [0.1, 0.15) is 6.54 Å². The summed E-state index contributed by atoms with van der Waals surface area (Å²) in [6.45, 7) is 8.14. The van der Waals surface area contributed by atoms with E-state index in [2.05, 4.69) is 47.8 Å². The van der Waals surface area contributed by atoms with Gasteiger partial charge in [-0.3, -0.25) is 20.4 Å². The topological polar surface area (TPSA) is 65.9 Å². The van der Waals surface area contributed by atoms with Crippen molar-refractivity contribution in [3.63, 3.8) is 0 Å². The van der Waals surface area contributed by atoms with Gasteiger partial charge < -0.3 is 9.80 Å². The molecule has 0 radical (unpaired) electrons. The monoisotopic (exact) mass is 381 g/mol. The lowest BCUT2D eigenvalue weighted by molar-refractivity contribution is -0.908. The van der Waals surface area contributed by atoms with Crippen LogP contribution < -0.4 is 20.7 Å². The van der Waals surface area contributed by atoms with E-state index in [1.807, 2.05) is 18.2 Å². The molecule has 2 aromatic carbocycles. The zero-order valence-corrected chi connectivity index (χ0v) is 16.6. The van der Waals surface area contributed by atoms with Crippen molar-refractivity contribution in [3.05, 3.63) is 65.2 Å². The van der Waals surface area contributed by atoms with Crippen molar-refractivity contribution in [3.8, 4) is 0 Å². The van der Waals surface area contributed by atoms with E-state index >= 15 is 0 Å². The minimum atomic E-state index is -0.307. The first-order valence-corrected chi connectivity index (χ1v) is 9.95. The highest BCUT2D eigenvalue weighted by atomic mass is 16.2. The van der Waals surface area contributed by atoms with Gasteiger partial charge in [0.15, 0.2) is 6.54 Å². The van der Waals surface area contributed by atoms with Gasteiger partial charge >= 0.3 is 0 Å². The normalized spacial score (nSPS) is 15.4. The highest BCUT2D eigenvalue weighted by molar-refractivity contribution is 5.95. The maximum Gasteiger partial charge on any atom is 0.293 e. The predicted molar refractivity (Wildman–Crippen MR) is 110 cm³/mol. The number of rotatable bonds is 6. The number of nitrogens with one attached hydrogen (secondary N) is 3. The Morgan fingerprint density at radius 2 is 1.64 bits per heavy atom. The van der Waals surface area contributed by atoms with Gasteiger partial charge in [-0.1, -0.05) is 24.3 Å². The van der Waals surface area contributed by atoms with Crippen molar-refractivity contribution in [1.82, 2.24) is 10.9 Å². The number of carbonyl (C=O) groups is 2. The second kappa shape index (κ2) is 9.37. The van der Waals surface area contributed by atoms with Crippen molar-refractivity contribution in [2.45, 2.75) is 26.8 Å². The van der Waals surface area contributed by atoms with Gasteiger partial charge in [0.2, 0.25) is 0 Å². The maximum atomic E-state index is 12.3. The number of anilines is 1. The van der Waals surface area contributed by atoms with Crippen LogP contribution in [-0.2, 0) is 17.8 Å². The SMILES string of the molecule is CCN(CC)c1ccc(C(=O)NNC(=O)C[NH+]2CCc3ccccc3C2)cc1. The molecule has 3 N–H and O–H groups in total. The van der Waals surface area contributed by atoms with E-state index in [1.54, 1.807) is 12.1 Å². The first kappa shape index (κ1) is 19.9. The first-order chi connectivity index (χ1) is 13.6. The highest BCUT2D eigenvalue weighted by Crippen LogP contribution is 2.14. The van der Waals surface area contributed by atoms with E-state index in [0.29, 0.717) is 12.1 Å². The number of quaternary nitrogens is 1. The maximum absolute atomic E-state index is 12.3. The Balaban J connectivity index is 1.47. The molecule has 6 heteroatoms. The predicted octanol–water partition coefficient (Wildman–Crippen LogP) is 0.935. The van der Waals surface area contributed by atoms with Crippen LogP contribution in [-0.4, -0.2) is 38.0 Å². The molecule has 6 nitrogen and oxygen atoms in total. The molecule has 1 atom stereocenters. The standard InChI is InChI=1S/C22H28N4O2/c1-3-26(4-2)20-11-9-18(10-12-20)22(28)24-23-21(27)16-25-14-13-17-7-5-6-8-19(17)15-25/h5-12H,3-4,13-16H2,1-2H3,(H,23,27)(H,24,28)/p+1. The van der Waals surface area contributed by atoms with E-state index in [4.69, 9.17) is 0 Å². The molecule has 3 rings (SSSR count). The summed E-state index contributed by atoms with van der Waals surface area (Å²) >= 11 is 0. The van der Waals surface area contributed by atoms with Crippen LogP contribution in [0.2, 0.25) is 0 Å². The first-order valence-electron chi connectivity index (χ1n) is 9.95. The minimum Gasteiger partial charge on any atom is -0.372 e. The highest BCUT2D eigenvalue weighted by Gasteiger charge is 2.21. The molecular weight excluding hydrogens is 352 g/mol. The summed E-state index contributed by atoms with van der Waals surface area (Å²) in [7, 11) is 0. The molecule has 0 saturated heterocycles. The van der Waals surface area contributed by atoms with E-state index < -0.39 is 0 Å². The van der Waals surface area contributed by atoms with Crippen LogP contribution in [0.5, 0.6) is 0 Å². The second-order valence-corrected chi connectivity index (χ2v) is 7.09. The molecule has 0 aromatic heterocycles. The molecule has 1 aliphatic heterocycles. The Bertz CT molecular complexity index is 816. The number of nitrogens with zero attached hydrogens (tertiary/aromatic N) is 1. The second-order valence-electron chi connectivity index (χ2n) is 7.09. The summed E-state index contributed by atoms with van der Waals surface area (Å²) < 4.78 is 0. The Hall–Kier alpha value is -2.86. The summed E-state index contributed by atoms with van der Waals surface area (Å²) in [5.41, 5.74) is 9.34. The fourth-order valence-electron chi connectivity index (χ4n) is 3.68. The largest absolute Gasteiger partial charge is 0.372 e. The summed E-state index contributed by atoms with van der Waals surface area (Å²) in [6.07, 6.45) is 0.976. The van der Waals surface area contributed by atoms with Gasteiger partial charge in [-0.25, -0.2) is 0 Å². The number of hydrogen-bond acceptors (Lipinski definition) is 3. The minimum absolute atomic E-state index is 0.178. The van der Waals surface area contributed by atoms with Gasteiger partial charge in [-0.05, 0) is 43.7 Å². The molecule has 0 fully saturated rings. The van der Waals surface area contributed by atoms with Crippen LogP contribution in [0.3, 0.4) is 0 Å². The Kier molecular flexibility index (Phi) is 6.66. The molecule has 0 bridgehead atoms. The molecule has 28 heavy (non-hydrogen) atoms. The van der Waals surface area contributed by atoms with Gasteiger partial charge in [0.25, 0.3) is 11.8 Å². The zero-order valence-electron chi connectivity index (χ0n) is 16.6. The molecule has 0 saturated carbocycles. The quantitative estimate of drug-likeness (QED) is 0.653. The third kappa shape index (κ3) is 4.89. The van der Waals surface area contributed by atoms with Gasteiger partial charge in [-0.15, -0.1) is 0 Å². The fraction of sp³-hybridized carbons (Fsp3) is 0.364. The Labute approximate surface area is 166 Å². The number of hydrogen-bond donors (Lipinski definition) is 3. The summed E-state index contributed by atoms with van der Waals surface area (Å²) in [4.78, 5) is 27.9. The third-order valence-corrected chi connectivity index (χ3v) is 5.29. The van der Waals surface area contributed by atoms with Gasteiger partial charge in [-0.2, -0.15) is 0 Å². The van der Waals surface area contributed by atoms with Crippen molar-refractivity contribution >= 4 is 17.5 Å². The molecule has 1 aliphatic rings. The lowest BCUT2D eigenvalue weighted by Crippen LogP contribution is -3.13.